The molecule has 0 aliphatic carbocycles. The van der Waals surface area contributed by atoms with Crippen LogP contribution in [0.2, 0.25) is 0 Å². The van der Waals surface area contributed by atoms with Gasteiger partial charge in [-0.3, -0.25) is 4.39 Å². The Morgan fingerprint density at radius 1 is 1.71 bits per heavy atom. The third-order valence-electron chi connectivity index (χ3n) is 0.637. The summed E-state index contributed by atoms with van der Waals surface area (Å²) in [6, 6.07) is 0. The Balaban J connectivity index is 3.00. The summed E-state index contributed by atoms with van der Waals surface area (Å²) in [5, 5.41) is 0.719. The molecule has 0 aromatic heterocycles. The van der Waals surface area contributed by atoms with Gasteiger partial charge in [0.1, 0.15) is 0 Å². The third kappa shape index (κ3) is 3.99. The summed E-state index contributed by atoms with van der Waals surface area (Å²) in [7, 11) is 0. The van der Waals surface area contributed by atoms with Crippen LogP contribution >= 0.6 is 15.9 Å². The lowest BCUT2D eigenvalue weighted by molar-refractivity contribution is 0.495. The minimum Gasteiger partial charge on any atom is -0.251 e. The molecule has 42 valence electrons. The van der Waals surface area contributed by atoms with Crippen LogP contribution in [-0.2, 0) is 0 Å². The van der Waals surface area contributed by atoms with E-state index in [9.17, 15) is 4.39 Å². The molecule has 0 saturated heterocycles. The van der Waals surface area contributed by atoms with Crippen LogP contribution in [0, 0.1) is 0 Å². The highest BCUT2D eigenvalue weighted by Gasteiger charge is 1.86. The van der Waals surface area contributed by atoms with Gasteiger partial charge in [0.2, 0.25) is 0 Å². The lowest BCUT2D eigenvalue weighted by Crippen LogP contribution is -1.81. The second kappa shape index (κ2) is 4.31. The number of allylic oxidation sites excluding steroid dienone is 1. The van der Waals surface area contributed by atoms with Crippen molar-refractivity contribution in [3.05, 3.63) is 12.2 Å². The molecule has 0 N–H and O–H groups in total. The van der Waals surface area contributed by atoms with E-state index < -0.39 is 0 Å². The topological polar surface area (TPSA) is 0 Å². The van der Waals surface area contributed by atoms with Crippen molar-refractivity contribution in [3.8, 4) is 0 Å². The molecule has 0 aliphatic heterocycles. The van der Waals surface area contributed by atoms with E-state index >= 15 is 0 Å². The van der Waals surface area contributed by atoms with Gasteiger partial charge in [-0.2, -0.15) is 0 Å². The standard InChI is InChI=1S/C5H8BrF/c1-5(4-6)2-3-7/h1-4H2. The number of halogens is 2. The second-order valence-corrected chi connectivity index (χ2v) is 1.88. The highest BCUT2D eigenvalue weighted by Crippen LogP contribution is 2.00. The van der Waals surface area contributed by atoms with Crippen LogP contribution in [0.3, 0.4) is 0 Å². The van der Waals surface area contributed by atoms with E-state index in [-0.39, 0.29) is 6.67 Å². The Labute approximate surface area is 51.5 Å². The summed E-state index contributed by atoms with van der Waals surface area (Å²) < 4.78 is 11.3. The summed E-state index contributed by atoms with van der Waals surface area (Å²) in [5.74, 6) is 0. The Kier molecular flexibility index (Phi) is 4.41. The molecule has 7 heavy (non-hydrogen) atoms. The van der Waals surface area contributed by atoms with Gasteiger partial charge >= 0.3 is 0 Å². The SMILES string of the molecule is C=C(CBr)CCF. The quantitative estimate of drug-likeness (QED) is 0.446. The average molecular weight is 167 g/mol. The van der Waals surface area contributed by atoms with E-state index in [0.29, 0.717) is 6.42 Å². The van der Waals surface area contributed by atoms with Gasteiger partial charge in [-0.15, -0.1) is 0 Å². The Morgan fingerprint density at radius 3 is 2.43 bits per heavy atom. The van der Waals surface area contributed by atoms with E-state index in [0.717, 1.165) is 10.9 Å². The number of rotatable bonds is 3. The molecule has 0 unspecified atom stereocenters. The molecule has 0 amide bonds. The van der Waals surface area contributed by atoms with Crippen molar-refractivity contribution in [2.75, 3.05) is 12.0 Å². The maximum Gasteiger partial charge on any atom is 0.0931 e. The summed E-state index contributed by atoms with van der Waals surface area (Å²) in [4.78, 5) is 0. The smallest absolute Gasteiger partial charge is 0.0931 e. The number of hydrogen-bond acceptors (Lipinski definition) is 0. The molecule has 0 nitrogen and oxygen atoms in total. The summed E-state index contributed by atoms with van der Waals surface area (Å²) in [5.41, 5.74) is 0.919. The molecule has 2 heteroatoms. The minimum absolute atomic E-state index is 0.287. The Bertz CT molecular complexity index is 61.1. The highest BCUT2D eigenvalue weighted by atomic mass is 79.9. The van der Waals surface area contributed by atoms with Gasteiger partial charge in [0, 0.05) is 5.33 Å². The Hall–Kier alpha value is 0.150. The molecular weight excluding hydrogens is 159 g/mol. The first-order valence-corrected chi connectivity index (χ1v) is 3.22. The predicted octanol–water partition coefficient (Wildman–Crippen LogP) is 2.30. The zero-order valence-corrected chi connectivity index (χ0v) is 5.67. The lowest BCUT2D eigenvalue weighted by atomic mass is 10.3. The van der Waals surface area contributed by atoms with Crippen molar-refractivity contribution in [2.45, 2.75) is 6.42 Å². The van der Waals surface area contributed by atoms with Gasteiger partial charge < -0.3 is 0 Å². The van der Waals surface area contributed by atoms with Crippen molar-refractivity contribution >= 4 is 15.9 Å². The van der Waals surface area contributed by atoms with E-state index in [1.807, 2.05) is 0 Å². The molecule has 0 aromatic rings. The molecule has 0 heterocycles. The van der Waals surface area contributed by atoms with Gasteiger partial charge in [0.15, 0.2) is 0 Å². The third-order valence-corrected chi connectivity index (χ3v) is 1.43. The normalized spacial score (nSPS) is 8.86. The first kappa shape index (κ1) is 7.15. The van der Waals surface area contributed by atoms with E-state index in [4.69, 9.17) is 0 Å². The fourth-order valence-corrected chi connectivity index (χ4v) is 0.481. The van der Waals surface area contributed by atoms with E-state index in [1.54, 1.807) is 0 Å². The Morgan fingerprint density at radius 2 is 2.29 bits per heavy atom. The van der Waals surface area contributed by atoms with E-state index in [2.05, 4.69) is 22.5 Å². The van der Waals surface area contributed by atoms with Crippen molar-refractivity contribution in [2.24, 2.45) is 0 Å². The van der Waals surface area contributed by atoms with Crippen molar-refractivity contribution in [1.29, 1.82) is 0 Å². The summed E-state index contributed by atoms with van der Waals surface area (Å²) in [6.07, 6.45) is 0.491. The van der Waals surface area contributed by atoms with Crippen molar-refractivity contribution in [3.63, 3.8) is 0 Å². The number of alkyl halides is 2. The first-order chi connectivity index (χ1) is 3.31. The van der Waals surface area contributed by atoms with Crippen molar-refractivity contribution < 1.29 is 4.39 Å². The lowest BCUT2D eigenvalue weighted by Gasteiger charge is -1.91. The van der Waals surface area contributed by atoms with E-state index in [1.165, 1.54) is 0 Å². The van der Waals surface area contributed by atoms with Crippen LogP contribution in [0.1, 0.15) is 6.42 Å². The van der Waals surface area contributed by atoms with Gasteiger partial charge in [-0.25, -0.2) is 0 Å². The van der Waals surface area contributed by atoms with Gasteiger partial charge in [0.05, 0.1) is 6.67 Å². The summed E-state index contributed by atoms with van der Waals surface area (Å²) >= 11 is 3.15. The fourth-order valence-electron chi connectivity index (χ4n) is 0.200. The molecule has 0 saturated carbocycles. The predicted molar refractivity (Wildman–Crippen MR) is 33.5 cm³/mol. The zero-order valence-electron chi connectivity index (χ0n) is 4.08. The molecule has 0 fully saturated rings. The molecule has 0 aromatic carbocycles. The fraction of sp³-hybridized carbons (Fsp3) is 0.600. The maximum atomic E-state index is 11.3. The van der Waals surface area contributed by atoms with Crippen LogP contribution in [0.5, 0.6) is 0 Å². The van der Waals surface area contributed by atoms with Gasteiger partial charge in [-0.1, -0.05) is 28.1 Å². The molecule has 0 aliphatic rings. The molecule has 0 rings (SSSR count). The largest absolute Gasteiger partial charge is 0.251 e. The van der Waals surface area contributed by atoms with Gasteiger partial charge in [0.25, 0.3) is 0 Å². The van der Waals surface area contributed by atoms with Crippen LogP contribution < -0.4 is 0 Å². The van der Waals surface area contributed by atoms with Crippen LogP contribution in [0.25, 0.3) is 0 Å². The average Bonchev–Trinajstić information content (AvgIpc) is 1.68. The molecule has 0 radical (unpaired) electrons. The van der Waals surface area contributed by atoms with Crippen LogP contribution in [0.15, 0.2) is 12.2 Å². The van der Waals surface area contributed by atoms with Gasteiger partial charge in [-0.05, 0) is 6.42 Å². The van der Waals surface area contributed by atoms with Crippen LogP contribution in [0.4, 0.5) is 4.39 Å². The van der Waals surface area contributed by atoms with Crippen LogP contribution in [-0.4, -0.2) is 12.0 Å². The minimum atomic E-state index is -0.287. The molecule has 0 spiro atoms. The monoisotopic (exact) mass is 166 g/mol. The maximum absolute atomic E-state index is 11.3. The van der Waals surface area contributed by atoms with Crippen molar-refractivity contribution in [1.82, 2.24) is 0 Å². The second-order valence-electron chi connectivity index (χ2n) is 1.32. The molecular formula is C5H8BrF. The number of hydrogen-bond donors (Lipinski definition) is 0. The zero-order chi connectivity index (χ0) is 5.70. The summed E-state index contributed by atoms with van der Waals surface area (Å²) in [6.45, 7) is 3.29. The molecule has 0 bridgehead atoms. The highest BCUT2D eigenvalue weighted by molar-refractivity contribution is 9.09. The first-order valence-electron chi connectivity index (χ1n) is 2.10. The molecule has 0 atom stereocenters.